The summed E-state index contributed by atoms with van der Waals surface area (Å²) in [4.78, 5) is 10.1. The van der Waals surface area contributed by atoms with E-state index < -0.39 is 12.1 Å². The third-order valence-electron chi connectivity index (χ3n) is 1.44. The van der Waals surface area contributed by atoms with Gasteiger partial charge in [-0.25, -0.2) is 0 Å². The molecular weight excluding hydrogens is 132 g/mol. The summed E-state index contributed by atoms with van der Waals surface area (Å²) in [6, 6.07) is 0. The van der Waals surface area contributed by atoms with Gasteiger partial charge in [0, 0.05) is 6.61 Å². The van der Waals surface area contributed by atoms with E-state index in [4.69, 9.17) is 4.74 Å². The number of ether oxygens (including phenoxy) is 1. The molecule has 3 nitrogen and oxygen atoms in total. The molecule has 1 heterocycles. The number of carbonyl (C=O) groups excluding carboxylic acids is 1. The lowest BCUT2D eigenvalue weighted by atomic mass is 10.1. The second kappa shape index (κ2) is 4.28. The fourth-order valence-corrected chi connectivity index (χ4v) is 0.927. The molecule has 0 bridgehead atoms. The van der Waals surface area contributed by atoms with Crippen LogP contribution >= 0.6 is 0 Å². The van der Waals surface area contributed by atoms with Crippen LogP contribution in [0.2, 0.25) is 0 Å². The molecule has 1 aliphatic rings. The normalized spacial score (nSPS) is 25.0. The summed E-state index contributed by atoms with van der Waals surface area (Å²) in [7, 11) is 0. The first-order valence-electron chi connectivity index (χ1n) is 3.13. The predicted octanol–water partition coefficient (Wildman–Crippen LogP) is -0.0585. The zero-order chi connectivity index (χ0) is 6.69. The van der Waals surface area contributed by atoms with Crippen molar-refractivity contribution in [2.45, 2.75) is 32.8 Å². The van der Waals surface area contributed by atoms with Gasteiger partial charge >= 0.3 is 0 Å². The summed E-state index contributed by atoms with van der Waals surface area (Å²) >= 11 is 0. The monoisotopic (exact) mass is 145 g/mol. The van der Waals surface area contributed by atoms with E-state index in [9.17, 15) is 9.90 Å². The Hall–Kier alpha value is -0.570. The molecule has 1 aliphatic heterocycles. The molecule has 60 valence electrons. The maximum absolute atomic E-state index is 10.1. The van der Waals surface area contributed by atoms with Crippen molar-refractivity contribution in [2.75, 3.05) is 6.61 Å². The molecule has 1 fully saturated rings. The molecule has 0 saturated carbocycles. The molecular formula is C7H13O3-. The Balaban J connectivity index is 0.000000810. The molecule has 0 amide bonds. The molecule has 10 heavy (non-hydrogen) atoms. The van der Waals surface area contributed by atoms with Crippen LogP contribution in [0, 0.1) is 0 Å². The zero-order valence-corrected chi connectivity index (χ0v) is 5.13. The molecule has 0 aromatic carbocycles. The van der Waals surface area contributed by atoms with E-state index in [0.717, 1.165) is 12.8 Å². The van der Waals surface area contributed by atoms with Crippen molar-refractivity contribution < 1.29 is 14.6 Å². The highest BCUT2D eigenvalue weighted by Gasteiger charge is 2.13. The minimum atomic E-state index is -1.07. The Labute approximate surface area is 61.0 Å². The summed E-state index contributed by atoms with van der Waals surface area (Å²) in [6.45, 7) is 0.568. The van der Waals surface area contributed by atoms with Crippen LogP contribution in [0.3, 0.4) is 0 Å². The van der Waals surface area contributed by atoms with Crippen molar-refractivity contribution in [1.29, 1.82) is 0 Å². The fraction of sp³-hybridized carbons (Fsp3) is 0.857. The van der Waals surface area contributed by atoms with Crippen molar-refractivity contribution in [3.8, 4) is 0 Å². The lowest BCUT2D eigenvalue weighted by molar-refractivity contribution is -0.318. The van der Waals surface area contributed by atoms with Gasteiger partial charge in [-0.3, -0.25) is 0 Å². The van der Waals surface area contributed by atoms with Crippen LogP contribution in [-0.4, -0.2) is 18.7 Å². The molecule has 0 aromatic rings. The van der Waals surface area contributed by atoms with Gasteiger partial charge in [0.1, 0.15) is 0 Å². The van der Waals surface area contributed by atoms with Crippen LogP contribution in [-0.2, 0) is 9.53 Å². The Kier molecular flexibility index (Phi) is 4.03. The SMILES string of the molecule is C.O=C([O-])C1CCCCO1. The third kappa shape index (κ3) is 2.35. The van der Waals surface area contributed by atoms with E-state index >= 15 is 0 Å². The van der Waals surface area contributed by atoms with Crippen molar-refractivity contribution in [3.63, 3.8) is 0 Å². The van der Waals surface area contributed by atoms with Gasteiger partial charge in [0.25, 0.3) is 0 Å². The van der Waals surface area contributed by atoms with Gasteiger partial charge in [0.2, 0.25) is 0 Å². The number of rotatable bonds is 1. The molecule has 0 radical (unpaired) electrons. The molecule has 0 aliphatic carbocycles. The topological polar surface area (TPSA) is 49.4 Å². The smallest absolute Gasteiger partial charge is 0.0968 e. The van der Waals surface area contributed by atoms with E-state index in [0.29, 0.717) is 13.0 Å². The third-order valence-corrected chi connectivity index (χ3v) is 1.44. The molecule has 0 spiro atoms. The number of hydrogen-bond acceptors (Lipinski definition) is 3. The maximum Gasteiger partial charge on any atom is 0.0968 e. The second-order valence-corrected chi connectivity index (χ2v) is 2.17. The van der Waals surface area contributed by atoms with Gasteiger partial charge in [-0.15, -0.1) is 0 Å². The van der Waals surface area contributed by atoms with Gasteiger partial charge in [0.05, 0.1) is 12.1 Å². The number of carbonyl (C=O) groups is 1. The Morgan fingerprint density at radius 3 is 2.50 bits per heavy atom. The van der Waals surface area contributed by atoms with Gasteiger partial charge in [-0.1, -0.05) is 7.43 Å². The molecule has 0 aromatic heterocycles. The molecule has 3 heteroatoms. The van der Waals surface area contributed by atoms with Crippen molar-refractivity contribution in [3.05, 3.63) is 0 Å². The quantitative estimate of drug-likeness (QED) is 0.519. The standard InChI is InChI=1S/C6H10O3.CH4/c7-6(8)5-3-1-2-4-9-5;/h5H,1-4H2,(H,7,8);1H4/p-1. The summed E-state index contributed by atoms with van der Waals surface area (Å²) in [6.07, 6.45) is 1.89. The van der Waals surface area contributed by atoms with Gasteiger partial charge in [-0.05, 0) is 19.3 Å². The first-order valence-corrected chi connectivity index (χ1v) is 3.13. The number of carboxylic acids is 1. The molecule has 1 rings (SSSR count). The van der Waals surface area contributed by atoms with Crippen LogP contribution in [0.5, 0.6) is 0 Å². The second-order valence-electron chi connectivity index (χ2n) is 2.17. The van der Waals surface area contributed by atoms with Crippen LogP contribution < -0.4 is 5.11 Å². The molecule has 1 saturated heterocycles. The Morgan fingerprint density at radius 1 is 1.50 bits per heavy atom. The van der Waals surface area contributed by atoms with Gasteiger partial charge in [0.15, 0.2) is 0 Å². The molecule has 0 N–H and O–H groups in total. The number of carboxylic acid groups (broad SMARTS) is 1. The largest absolute Gasteiger partial charge is 0.547 e. The predicted molar refractivity (Wildman–Crippen MR) is 35.3 cm³/mol. The first kappa shape index (κ1) is 9.43. The lowest BCUT2D eigenvalue weighted by Crippen LogP contribution is -2.39. The van der Waals surface area contributed by atoms with Crippen LogP contribution in [0.4, 0.5) is 0 Å². The average Bonchev–Trinajstić information content (AvgIpc) is 1.90. The zero-order valence-electron chi connectivity index (χ0n) is 5.13. The van der Waals surface area contributed by atoms with E-state index in [2.05, 4.69) is 0 Å². The van der Waals surface area contributed by atoms with E-state index in [-0.39, 0.29) is 7.43 Å². The summed E-state index contributed by atoms with van der Waals surface area (Å²) in [5.41, 5.74) is 0. The highest BCUT2D eigenvalue weighted by molar-refractivity contribution is 5.69. The van der Waals surface area contributed by atoms with Crippen LogP contribution in [0.25, 0.3) is 0 Å². The number of aliphatic carboxylic acids is 1. The van der Waals surface area contributed by atoms with E-state index in [1.165, 1.54) is 0 Å². The fourth-order valence-electron chi connectivity index (χ4n) is 0.927. The molecule has 1 unspecified atom stereocenters. The highest BCUT2D eigenvalue weighted by atomic mass is 16.5. The van der Waals surface area contributed by atoms with Crippen molar-refractivity contribution in [2.24, 2.45) is 0 Å². The lowest BCUT2D eigenvalue weighted by Gasteiger charge is -2.22. The average molecular weight is 145 g/mol. The van der Waals surface area contributed by atoms with Gasteiger partial charge in [-0.2, -0.15) is 0 Å². The first-order chi connectivity index (χ1) is 4.30. The van der Waals surface area contributed by atoms with Crippen molar-refractivity contribution >= 4 is 5.97 Å². The maximum atomic E-state index is 10.1. The number of hydrogen-bond donors (Lipinski definition) is 0. The highest BCUT2D eigenvalue weighted by Crippen LogP contribution is 2.11. The van der Waals surface area contributed by atoms with Crippen LogP contribution in [0.15, 0.2) is 0 Å². The summed E-state index contributed by atoms with van der Waals surface area (Å²) < 4.78 is 4.88. The van der Waals surface area contributed by atoms with E-state index in [1.54, 1.807) is 0 Å². The van der Waals surface area contributed by atoms with Crippen molar-refractivity contribution in [1.82, 2.24) is 0 Å². The summed E-state index contributed by atoms with van der Waals surface area (Å²) in [5, 5.41) is 10.1. The minimum absolute atomic E-state index is 0. The Bertz CT molecular complexity index is 105. The van der Waals surface area contributed by atoms with Crippen LogP contribution in [0.1, 0.15) is 26.7 Å². The van der Waals surface area contributed by atoms with E-state index in [1.807, 2.05) is 0 Å². The molecule has 1 atom stereocenters. The summed E-state index contributed by atoms with van der Waals surface area (Å²) in [5.74, 6) is -1.07. The minimum Gasteiger partial charge on any atom is -0.547 e. The van der Waals surface area contributed by atoms with Gasteiger partial charge < -0.3 is 14.6 Å². The Morgan fingerprint density at radius 2 is 2.20 bits per heavy atom.